The lowest BCUT2D eigenvalue weighted by atomic mass is 9.95. The molecule has 0 N–H and O–H groups in total. The van der Waals surface area contributed by atoms with Gasteiger partial charge in [-0.2, -0.15) is 0 Å². The van der Waals surface area contributed by atoms with Crippen LogP contribution in [0.4, 0.5) is 0 Å². The van der Waals surface area contributed by atoms with Crippen LogP contribution in [0.1, 0.15) is 0 Å². The van der Waals surface area contributed by atoms with Crippen LogP contribution in [-0.4, -0.2) is 41.7 Å². The lowest BCUT2D eigenvalue weighted by Crippen LogP contribution is -2.44. The molecular formula is C9H16BNSi+. The Morgan fingerprint density at radius 3 is 2.17 bits per heavy atom. The third-order valence-corrected chi connectivity index (χ3v) is 3.42. The summed E-state index contributed by atoms with van der Waals surface area (Å²) in [5.41, 5.74) is 1.37. The highest BCUT2D eigenvalue weighted by atomic mass is 28.2. The van der Waals surface area contributed by atoms with Crippen molar-refractivity contribution in [1.82, 2.24) is 0 Å². The van der Waals surface area contributed by atoms with E-state index in [1.807, 2.05) is 0 Å². The summed E-state index contributed by atoms with van der Waals surface area (Å²) >= 11 is 0. The molecule has 1 aromatic carbocycles. The summed E-state index contributed by atoms with van der Waals surface area (Å²) in [4.78, 5) is 0. The van der Waals surface area contributed by atoms with E-state index in [4.69, 9.17) is 0 Å². The Kier molecular flexibility index (Phi) is 3.12. The summed E-state index contributed by atoms with van der Waals surface area (Å²) in [6.07, 6.45) is 0. The summed E-state index contributed by atoms with van der Waals surface area (Å²) in [6, 6.07) is 10.6. The Labute approximate surface area is 78.1 Å². The highest BCUT2D eigenvalue weighted by Crippen LogP contribution is 1.85. The summed E-state index contributed by atoms with van der Waals surface area (Å²) in [5, 5.41) is 0. The van der Waals surface area contributed by atoms with Gasteiger partial charge in [0.1, 0.15) is 0 Å². The average molecular weight is 177 g/mol. The molecule has 1 radical (unpaired) electrons. The van der Waals surface area contributed by atoms with Crippen LogP contribution < -0.4 is 5.46 Å². The quantitative estimate of drug-likeness (QED) is 0.557. The monoisotopic (exact) mass is 177 g/mol. The zero-order chi connectivity index (χ0) is 9.03. The van der Waals surface area contributed by atoms with Crippen LogP contribution in [0.2, 0.25) is 0 Å². The van der Waals surface area contributed by atoms with E-state index in [9.17, 15) is 0 Å². The molecule has 0 aliphatic rings. The number of quaternary nitrogens is 1. The van der Waals surface area contributed by atoms with Crippen molar-refractivity contribution in [2.75, 3.05) is 21.1 Å². The Morgan fingerprint density at radius 2 is 1.67 bits per heavy atom. The zero-order valence-corrected chi connectivity index (χ0v) is 9.53. The fourth-order valence-electron chi connectivity index (χ4n) is 0.968. The predicted octanol–water partition coefficient (Wildman–Crippen LogP) is -0.279. The first-order valence-corrected chi connectivity index (χ1v) is 5.71. The molecule has 0 aliphatic heterocycles. The van der Waals surface area contributed by atoms with Crippen molar-refractivity contribution < 1.29 is 4.15 Å². The Hall–Kier alpha value is -0.538. The van der Waals surface area contributed by atoms with Gasteiger partial charge in [-0.05, 0) is 0 Å². The van der Waals surface area contributed by atoms with Gasteiger partial charge in [-0.1, -0.05) is 35.8 Å². The second-order valence-electron chi connectivity index (χ2n) is 4.09. The van der Waals surface area contributed by atoms with E-state index in [1.54, 1.807) is 0 Å². The number of hydrogen-bond donors (Lipinski definition) is 0. The van der Waals surface area contributed by atoms with Gasteiger partial charge in [-0.15, -0.1) is 0 Å². The number of hydrogen-bond acceptors (Lipinski definition) is 0. The van der Waals surface area contributed by atoms with Crippen molar-refractivity contribution in [2.24, 2.45) is 0 Å². The normalized spacial score (nSPS) is 12.2. The maximum atomic E-state index is 2.40. The van der Waals surface area contributed by atoms with Crippen molar-refractivity contribution >= 4 is 21.9 Å². The van der Waals surface area contributed by atoms with E-state index in [2.05, 4.69) is 58.3 Å². The molecule has 0 unspecified atom stereocenters. The molecule has 1 rings (SSSR count). The predicted molar refractivity (Wildman–Crippen MR) is 58.4 cm³/mol. The van der Waals surface area contributed by atoms with E-state index >= 15 is 0 Å². The Balaban J connectivity index is 2.44. The largest absolute Gasteiger partial charge is 0.401 e. The molecule has 0 aromatic heterocycles. The van der Waals surface area contributed by atoms with Gasteiger partial charge in [0.2, 0.25) is 16.4 Å². The fourth-order valence-corrected chi connectivity index (χ4v) is 2.00. The lowest BCUT2D eigenvalue weighted by Gasteiger charge is -2.24. The first-order valence-electron chi connectivity index (χ1n) is 4.27. The molecule has 0 bridgehead atoms. The minimum atomic E-state index is -0.136. The molecule has 1 aromatic rings. The smallest absolute Gasteiger partial charge is 0.215 e. The van der Waals surface area contributed by atoms with Crippen LogP contribution in [0.25, 0.3) is 0 Å². The van der Waals surface area contributed by atoms with Gasteiger partial charge in [0.25, 0.3) is 0 Å². The van der Waals surface area contributed by atoms with Crippen molar-refractivity contribution in [3.05, 3.63) is 30.3 Å². The molecule has 12 heavy (non-hydrogen) atoms. The molecule has 0 spiro atoms. The summed E-state index contributed by atoms with van der Waals surface area (Å²) in [5.74, 6) is 0. The van der Waals surface area contributed by atoms with Crippen molar-refractivity contribution in [3.63, 3.8) is 0 Å². The van der Waals surface area contributed by atoms with Crippen molar-refractivity contribution in [2.45, 2.75) is 0 Å². The summed E-state index contributed by atoms with van der Waals surface area (Å²) in [7, 11) is 6.63. The van der Waals surface area contributed by atoms with Gasteiger partial charge < -0.3 is 4.15 Å². The highest BCUT2D eigenvalue weighted by Gasteiger charge is 2.09. The number of rotatable bonds is 3. The van der Waals surface area contributed by atoms with E-state index < -0.39 is 0 Å². The van der Waals surface area contributed by atoms with Crippen LogP contribution >= 0.6 is 0 Å². The second-order valence-corrected chi connectivity index (χ2v) is 6.76. The topological polar surface area (TPSA) is 0 Å². The molecule has 0 heterocycles. The van der Waals surface area contributed by atoms with E-state index in [1.165, 1.54) is 5.46 Å². The SMILES string of the molecule is C[N+](C)(C)[SiH2][B]c1ccccc1. The van der Waals surface area contributed by atoms with Crippen LogP contribution in [0, 0.1) is 0 Å². The second kappa shape index (κ2) is 3.92. The van der Waals surface area contributed by atoms with Gasteiger partial charge in [0, 0.05) is 0 Å². The minimum Gasteiger partial charge on any atom is -0.401 e. The van der Waals surface area contributed by atoms with Crippen LogP contribution in [0.5, 0.6) is 0 Å². The van der Waals surface area contributed by atoms with Crippen molar-refractivity contribution in [1.29, 1.82) is 0 Å². The first-order chi connectivity index (χ1) is 5.58. The van der Waals surface area contributed by atoms with Gasteiger partial charge in [-0.25, -0.2) is 0 Å². The zero-order valence-electron chi connectivity index (χ0n) is 8.12. The van der Waals surface area contributed by atoms with E-state index in [0.29, 0.717) is 0 Å². The van der Waals surface area contributed by atoms with E-state index in [0.717, 1.165) is 4.15 Å². The highest BCUT2D eigenvalue weighted by molar-refractivity contribution is 7.04. The van der Waals surface area contributed by atoms with Crippen molar-refractivity contribution in [3.8, 4) is 0 Å². The van der Waals surface area contributed by atoms with Crippen LogP contribution in [0.15, 0.2) is 30.3 Å². The summed E-state index contributed by atoms with van der Waals surface area (Å²) in [6.45, 7) is 2.40. The summed E-state index contributed by atoms with van der Waals surface area (Å²) < 4.78 is 1.12. The molecule has 0 saturated carbocycles. The molecule has 0 aliphatic carbocycles. The minimum absolute atomic E-state index is 0.136. The maximum Gasteiger partial charge on any atom is 0.215 e. The van der Waals surface area contributed by atoms with Crippen LogP contribution in [0.3, 0.4) is 0 Å². The Morgan fingerprint density at radius 1 is 1.08 bits per heavy atom. The average Bonchev–Trinajstić information content (AvgIpc) is 2.02. The third kappa shape index (κ3) is 3.74. The molecular weight excluding hydrogens is 161 g/mol. The number of benzene rings is 1. The molecule has 3 heteroatoms. The molecule has 63 valence electrons. The van der Waals surface area contributed by atoms with E-state index in [-0.39, 0.29) is 9.55 Å². The molecule has 1 nitrogen and oxygen atoms in total. The molecule has 0 fully saturated rings. The Bertz CT molecular complexity index is 230. The molecule has 0 saturated heterocycles. The maximum absolute atomic E-state index is 2.40. The van der Waals surface area contributed by atoms with Crippen LogP contribution in [-0.2, 0) is 0 Å². The number of nitrogens with zero attached hydrogens (tertiary/aromatic N) is 1. The van der Waals surface area contributed by atoms with Gasteiger partial charge in [0.05, 0.1) is 21.1 Å². The lowest BCUT2D eigenvalue weighted by molar-refractivity contribution is -0.752. The fraction of sp³-hybridized carbons (Fsp3) is 0.333. The molecule has 0 amide bonds. The first kappa shape index (κ1) is 9.55. The molecule has 0 atom stereocenters. The van der Waals surface area contributed by atoms with Gasteiger partial charge in [-0.3, -0.25) is 0 Å². The van der Waals surface area contributed by atoms with Gasteiger partial charge >= 0.3 is 0 Å². The van der Waals surface area contributed by atoms with Gasteiger partial charge in [0.15, 0.2) is 0 Å². The standard InChI is InChI=1S/C9H16BNSi/c1-11(2,3)12-10-9-7-5-4-6-8-9/h4-8H,12H2,1-3H3/q+1. The third-order valence-electron chi connectivity index (χ3n) is 1.67.